The van der Waals surface area contributed by atoms with Crippen LogP contribution >= 0.6 is 0 Å². The third-order valence-corrected chi connectivity index (χ3v) is 5.75. The Balaban J connectivity index is 2.14. The molecule has 4 N–H and O–H groups in total. The number of hydrogen-bond donors (Lipinski definition) is 4. The van der Waals surface area contributed by atoms with Gasteiger partial charge in [0.15, 0.2) is 15.4 Å². The highest BCUT2D eigenvalue weighted by atomic mass is 32.2. The summed E-state index contributed by atoms with van der Waals surface area (Å²) < 4.78 is 24.7. The number of hydroxylamine groups is 1. The maximum Gasteiger partial charge on any atom is 0.276 e. The number of benzene rings is 2. The number of aryl methyl sites for hydroxylation is 1. The fourth-order valence-electron chi connectivity index (χ4n) is 2.37. The highest BCUT2D eigenvalue weighted by Crippen LogP contribution is 2.20. The summed E-state index contributed by atoms with van der Waals surface area (Å²) in [5, 5.41) is 21.1. The molecule has 1 atom stereocenters. The van der Waals surface area contributed by atoms with Crippen LogP contribution < -0.4 is 10.8 Å². The smallest absolute Gasteiger partial charge is 0.276 e. The molecular weight excluding hydrogens is 372 g/mol. The summed E-state index contributed by atoms with van der Waals surface area (Å²) in [6, 6.07) is 12.3. The van der Waals surface area contributed by atoms with Crippen molar-refractivity contribution in [3.8, 4) is 0 Å². The summed E-state index contributed by atoms with van der Waals surface area (Å²) in [7, 11) is -4.01. The first-order valence-corrected chi connectivity index (χ1v) is 9.58. The number of aliphatic hydroxyl groups is 1. The molecule has 144 valence electrons. The van der Waals surface area contributed by atoms with E-state index < -0.39 is 27.1 Å². The number of hydrogen-bond acceptors (Lipinski definition) is 6. The highest BCUT2D eigenvalue weighted by molar-refractivity contribution is 7.91. The Kier molecular flexibility index (Phi) is 5.99. The minimum Gasteiger partial charge on any atom is -0.379 e. The van der Waals surface area contributed by atoms with Gasteiger partial charge in [-0.3, -0.25) is 14.8 Å². The molecule has 2 aromatic carbocycles. The van der Waals surface area contributed by atoms with Gasteiger partial charge in [0.1, 0.15) is 0 Å². The standard InChI is InChI=1S/C18H20N2O6S/c1-12-4-3-5-13(10-12)16(21)19-14-6-8-15(9-7-14)27(25,26)11-18(2,23)17(22)20-24/h3-10,23-24H,11H2,1-2H3,(H,19,21)(H,20,22). The Hall–Kier alpha value is -2.75. The van der Waals surface area contributed by atoms with Crippen molar-refractivity contribution < 1.29 is 28.3 Å². The topological polar surface area (TPSA) is 133 Å². The quantitative estimate of drug-likeness (QED) is 0.432. The molecule has 0 spiro atoms. The third kappa shape index (κ3) is 5.13. The van der Waals surface area contributed by atoms with E-state index in [-0.39, 0.29) is 10.8 Å². The second kappa shape index (κ2) is 7.87. The number of amides is 2. The molecule has 8 nitrogen and oxygen atoms in total. The van der Waals surface area contributed by atoms with Crippen molar-refractivity contribution in [2.45, 2.75) is 24.3 Å². The first-order chi connectivity index (χ1) is 12.5. The van der Waals surface area contributed by atoms with Gasteiger partial charge in [-0.05, 0) is 50.2 Å². The Morgan fingerprint density at radius 1 is 1.11 bits per heavy atom. The summed E-state index contributed by atoms with van der Waals surface area (Å²) in [4.78, 5) is 23.4. The summed E-state index contributed by atoms with van der Waals surface area (Å²) in [5.41, 5.74) is 0.721. The maximum absolute atomic E-state index is 12.4. The van der Waals surface area contributed by atoms with Gasteiger partial charge in [0.2, 0.25) is 0 Å². The van der Waals surface area contributed by atoms with Gasteiger partial charge < -0.3 is 10.4 Å². The molecule has 0 aliphatic heterocycles. The van der Waals surface area contributed by atoms with E-state index in [1.165, 1.54) is 29.7 Å². The maximum atomic E-state index is 12.4. The second-order valence-corrected chi connectivity index (χ2v) is 8.31. The Bertz CT molecular complexity index is 952. The van der Waals surface area contributed by atoms with Crippen molar-refractivity contribution in [1.29, 1.82) is 0 Å². The molecule has 0 aromatic heterocycles. The summed E-state index contributed by atoms with van der Waals surface area (Å²) >= 11 is 0. The van der Waals surface area contributed by atoms with E-state index in [0.29, 0.717) is 11.3 Å². The number of nitrogens with one attached hydrogen (secondary N) is 2. The van der Waals surface area contributed by atoms with Gasteiger partial charge in [-0.25, -0.2) is 13.9 Å². The van der Waals surface area contributed by atoms with Crippen LogP contribution in [0.2, 0.25) is 0 Å². The lowest BCUT2D eigenvalue weighted by atomic mass is 10.1. The highest BCUT2D eigenvalue weighted by Gasteiger charge is 2.36. The average molecular weight is 392 g/mol. The molecule has 2 aromatic rings. The molecule has 0 radical (unpaired) electrons. The van der Waals surface area contributed by atoms with Crippen molar-refractivity contribution >= 4 is 27.3 Å². The number of sulfone groups is 1. The number of carbonyl (C=O) groups excluding carboxylic acids is 2. The van der Waals surface area contributed by atoms with E-state index in [2.05, 4.69) is 5.32 Å². The van der Waals surface area contributed by atoms with Gasteiger partial charge in [-0.2, -0.15) is 0 Å². The number of rotatable bonds is 6. The molecule has 2 amide bonds. The first kappa shape index (κ1) is 20.6. The zero-order valence-corrected chi connectivity index (χ0v) is 15.6. The molecule has 0 heterocycles. The fraction of sp³-hybridized carbons (Fsp3) is 0.222. The largest absolute Gasteiger partial charge is 0.379 e. The van der Waals surface area contributed by atoms with Crippen LogP contribution in [0.1, 0.15) is 22.8 Å². The van der Waals surface area contributed by atoms with Gasteiger partial charge in [0, 0.05) is 11.3 Å². The average Bonchev–Trinajstić information content (AvgIpc) is 2.60. The molecule has 2 rings (SSSR count). The molecule has 0 fully saturated rings. The van der Waals surface area contributed by atoms with Crippen molar-refractivity contribution in [2.24, 2.45) is 0 Å². The Labute approximate surface area is 156 Å². The van der Waals surface area contributed by atoms with Crippen LogP contribution in [0.25, 0.3) is 0 Å². The van der Waals surface area contributed by atoms with Crippen molar-refractivity contribution in [3.63, 3.8) is 0 Å². The first-order valence-electron chi connectivity index (χ1n) is 7.93. The molecule has 0 saturated heterocycles. The van der Waals surface area contributed by atoms with Crippen LogP contribution in [0.5, 0.6) is 0 Å². The van der Waals surface area contributed by atoms with Crippen LogP contribution in [0, 0.1) is 6.92 Å². The summed E-state index contributed by atoms with van der Waals surface area (Å²) in [5.74, 6) is -2.48. The summed E-state index contributed by atoms with van der Waals surface area (Å²) in [6.45, 7) is 2.84. The third-order valence-electron chi connectivity index (χ3n) is 3.81. The molecule has 0 aliphatic rings. The molecule has 0 saturated carbocycles. The van der Waals surface area contributed by atoms with Gasteiger partial charge in [-0.15, -0.1) is 0 Å². The van der Waals surface area contributed by atoms with E-state index in [9.17, 15) is 23.1 Å². The molecule has 0 bridgehead atoms. The van der Waals surface area contributed by atoms with Crippen LogP contribution in [0.4, 0.5) is 5.69 Å². The monoisotopic (exact) mass is 392 g/mol. The SMILES string of the molecule is Cc1cccc(C(=O)Nc2ccc(S(=O)(=O)CC(C)(O)C(=O)NO)cc2)c1. The van der Waals surface area contributed by atoms with Gasteiger partial charge in [0.25, 0.3) is 11.8 Å². The zero-order chi connectivity index (χ0) is 20.2. The molecule has 0 aliphatic carbocycles. The predicted molar refractivity (Wildman–Crippen MR) is 98.2 cm³/mol. The molecule has 9 heteroatoms. The van der Waals surface area contributed by atoms with Crippen LogP contribution in [0.15, 0.2) is 53.4 Å². The van der Waals surface area contributed by atoms with Crippen LogP contribution in [0.3, 0.4) is 0 Å². The van der Waals surface area contributed by atoms with E-state index in [1.807, 2.05) is 13.0 Å². The van der Waals surface area contributed by atoms with Crippen LogP contribution in [-0.4, -0.2) is 41.9 Å². The predicted octanol–water partition coefficient (Wildman–Crippen LogP) is 1.28. The van der Waals surface area contributed by atoms with Crippen molar-refractivity contribution in [3.05, 3.63) is 59.7 Å². The second-order valence-electron chi connectivity index (χ2n) is 6.32. The Morgan fingerprint density at radius 2 is 1.74 bits per heavy atom. The summed E-state index contributed by atoms with van der Waals surface area (Å²) in [6.07, 6.45) is 0. The van der Waals surface area contributed by atoms with Crippen LogP contribution in [-0.2, 0) is 14.6 Å². The lowest BCUT2D eigenvalue weighted by Gasteiger charge is -2.20. The van der Waals surface area contributed by atoms with E-state index in [4.69, 9.17) is 5.21 Å². The van der Waals surface area contributed by atoms with E-state index >= 15 is 0 Å². The van der Waals surface area contributed by atoms with Gasteiger partial charge >= 0.3 is 0 Å². The fourth-order valence-corrected chi connectivity index (χ4v) is 3.96. The molecule has 27 heavy (non-hydrogen) atoms. The Morgan fingerprint density at radius 3 is 2.30 bits per heavy atom. The van der Waals surface area contributed by atoms with Gasteiger partial charge in [-0.1, -0.05) is 17.7 Å². The normalized spacial score (nSPS) is 13.5. The van der Waals surface area contributed by atoms with Gasteiger partial charge in [0.05, 0.1) is 10.6 Å². The van der Waals surface area contributed by atoms with Crippen molar-refractivity contribution in [2.75, 3.05) is 11.1 Å². The van der Waals surface area contributed by atoms with E-state index in [1.54, 1.807) is 18.2 Å². The lowest BCUT2D eigenvalue weighted by Crippen LogP contribution is -2.48. The van der Waals surface area contributed by atoms with Crippen molar-refractivity contribution in [1.82, 2.24) is 5.48 Å². The minimum absolute atomic E-state index is 0.137. The lowest BCUT2D eigenvalue weighted by molar-refractivity contribution is -0.144. The van der Waals surface area contributed by atoms with E-state index in [0.717, 1.165) is 12.5 Å². The minimum atomic E-state index is -4.01. The number of anilines is 1. The molecule has 1 unspecified atom stereocenters. The zero-order valence-electron chi connectivity index (χ0n) is 14.8. The molecular formula is C18H20N2O6S. The number of carbonyl (C=O) groups is 2.